The normalized spacial score (nSPS) is 20.2. The van der Waals surface area contributed by atoms with Gasteiger partial charge >= 0.3 is 11.9 Å². The largest absolute Gasteiger partial charge is 0.465 e. The lowest BCUT2D eigenvalue weighted by Gasteiger charge is -2.25. The summed E-state index contributed by atoms with van der Waals surface area (Å²) in [6, 6.07) is 0. The molecule has 1 saturated carbocycles. The van der Waals surface area contributed by atoms with E-state index in [4.69, 9.17) is 14.2 Å². The first-order valence-electron chi connectivity index (χ1n) is 21.2. The van der Waals surface area contributed by atoms with Gasteiger partial charge in [-0.05, 0) is 32.1 Å². The fourth-order valence-electron chi connectivity index (χ4n) is 7.62. The Kier molecular flexibility index (Phi) is 25.7. The van der Waals surface area contributed by atoms with Crippen LogP contribution in [0.1, 0.15) is 226 Å². The number of hydrogen-bond donors (Lipinski definition) is 0. The molecule has 0 spiro atoms. The third-order valence-electron chi connectivity index (χ3n) is 10.8. The van der Waals surface area contributed by atoms with Gasteiger partial charge in [-0.1, -0.05) is 194 Å². The Morgan fingerprint density at radius 1 is 0.489 bits per heavy atom. The molecule has 1 saturated heterocycles. The fraction of sp³-hybridized carbons (Fsp3) is 0.952. The SMILES string of the molecule is CCCCCCCCCCCCCCCCCOC(=O)C1CCCC2OC21C(=O)OCCCCCCCCCCCCCCCCC. The summed E-state index contributed by atoms with van der Waals surface area (Å²) in [5, 5.41) is 0. The van der Waals surface area contributed by atoms with Crippen LogP contribution in [0.3, 0.4) is 0 Å². The van der Waals surface area contributed by atoms with Gasteiger partial charge in [0.15, 0.2) is 0 Å². The van der Waals surface area contributed by atoms with E-state index in [1.807, 2.05) is 0 Å². The molecule has 0 N–H and O–H groups in total. The summed E-state index contributed by atoms with van der Waals surface area (Å²) in [5.74, 6) is -1.10. The number of carbonyl (C=O) groups is 2. The van der Waals surface area contributed by atoms with E-state index in [1.165, 1.54) is 167 Å². The number of ether oxygens (including phenoxy) is 3. The predicted octanol–water partition coefficient (Wildman–Crippen LogP) is 12.8. The van der Waals surface area contributed by atoms with Crippen LogP contribution in [0.4, 0.5) is 0 Å². The van der Waals surface area contributed by atoms with E-state index in [-0.39, 0.29) is 18.0 Å². The van der Waals surface area contributed by atoms with Crippen LogP contribution >= 0.6 is 0 Å². The zero-order valence-corrected chi connectivity index (χ0v) is 31.4. The summed E-state index contributed by atoms with van der Waals surface area (Å²) >= 11 is 0. The van der Waals surface area contributed by atoms with Gasteiger partial charge in [-0.3, -0.25) is 4.79 Å². The minimum Gasteiger partial charge on any atom is -0.465 e. The van der Waals surface area contributed by atoms with Crippen LogP contribution in [0.5, 0.6) is 0 Å². The van der Waals surface area contributed by atoms with Crippen LogP contribution in [-0.4, -0.2) is 36.9 Å². The maximum atomic E-state index is 13.1. The van der Waals surface area contributed by atoms with Gasteiger partial charge in [-0.15, -0.1) is 0 Å². The third-order valence-corrected chi connectivity index (χ3v) is 10.8. The summed E-state index contributed by atoms with van der Waals surface area (Å²) < 4.78 is 17.3. The number of esters is 2. The quantitative estimate of drug-likeness (QED) is 0.0390. The average Bonchev–Trinajstić information content (AvgIpc) is 3.84. The van der Waals surface area contributed by atoms with Crippen LogP contribution in [0.15, 0.2) is 0 Å². The van der Waals surface area contributed by atoms with Crippen molar-refractivity contribution in [3.63, 3.8) is 0 Å². The van der Waals surface area contributed by atoms with Gasteiger partial charge in [0, 0.05) is 0 Å². The molecule has 0 radical (unpaired) electrons. The number of rotatable bonds is 34. The van der Waals surface area contributed by atoms with E-state index >= 15 is 0 Å². The minimum atomic E-state index is -1.07. The highest BCUT2D eigenvalue weighted by atomic mass is 16.7. The Morgan fingerprint density at radius 3 is 1.21 bits per heavy atom. The van der Waals surface area contributed by atoms with Crippen LogP contribution in [0, 0.1) is 5.92 Å². The van der Waals surface area contributed by atoms with Crippen molar-refractivity contribution in [2.24, 2.45) is 5.92 Å². The molecule has 2 fully saturated rings. The second-order valence-corrected chi connectivity index (χ2v) is 15.1. The van der Waals surface area contributed by atoms with Gasteiger partial charge < -0.3 is 14.2 Å². The van der Waals surface area contributed by atoms with Gasteiger partial charge in [0.05, 0.1) is 25.2 Å². The van der Waals surface area contributed by atoms with Crippen molar-refractivity contribution in [2.45, 2.75) is 237 Å². The number of unbranched alkanes of at least 4 members (excludes halogenated alkanes) is 28. The molecule has 47 heavy (non-hydrogen) atoms. The van der Waals surface area contributed by atoms with Crippen LogP contribution < -0.4 is 0 Å². The lowest BCUT2D eigenvalue weighted by atomic mass is 9.79. The predicted molar refractivity (Wildman–Crippen MR) is 197 cm³/mol. The number of carbonyl (C=O) groups excluding carboxylic acids is 2. The van der Waals surface area contributed by atoms with Crippen molar-refractivity contribution in [1.29, 1.82) is 0 Å². The van der Waals surface area contributed by atoms with Crippen molar-refractivity contribution >= 4 is 11.9 Å². The Labute approximate surface area is 291 Å². The Balaban J connectivity index is 1.42. The summed E-state index contributed by atoms with van der Waals surface area (Å²) in [6.45, 7) is 5.43. The molecule has 1 aliphatic carbocycles. The molecule has 0 bridgehead atoms. The molecule has 0 aromatic rings. The first-order valence-corrected chi connectivity index (χ1v) is 21.2. The van der Waals surface area contributed by atoms with E-state index in [0.29, 0.717) is 19.6 Å². The second kappa shape index (κ2) is 28.7. The lowest BCUT2D eigenvalue weighted by molar-refractivity contribution is -0.163. The van der Waals surface area contributed by atoms with Crippen LogP contribution in [-0.2, 0) is 23.8 Å². The molecule has 1 aliphatic heterocycles. The Bertz CT molecular complexity index is 753. The van der Waals surface area contributed by atoms with E-state index in [0.717, 1.165) is 38.5 Å². The summed E-state index contributed by atoms with van der Waals surface area (Å²) in [6.07, 6.45) is 41.6. The molecule has 2 aliphatic rings. The first kappa shape index (κ1) is 42.1. The van der Waals surface area contributed by atoms with Gasteiger partial charge in [-0.2, -0.15) is 0 Å². The topological polar surface area (TPSA) is 65.1 Å². The van der Waals surface area contributed by atoms with E-state index in [9.17, 15) is 9.59 Å². The minimum absolute atomic E-state index is 0.173. The molecule has 5 heteroatoms. The Hall–Kier alpha value is -1.10. The van der Waals surface area contributed by atoms with Gasteiger partial charge in [0.1, 0.15) is 0 Å². The maximum Gasteiger partial charge on any atom is 0.342 e. The molecule has 2 rings (SSSR count). The van der Waals surface area contributed by atoms with Crippen molar-refractivity contribution < 1.29 is 23.8 Å². The Morgan fingerprint density at radius 2 is 0.830 bits per heavy atom. The molecule has 5 nitrogen and oxygen atoms in total. The fourth-order valence-corrected chi connectivity index (χ4v) is 7.62. The maximum absolute atomic E-state index is 13.1. The summed E-state index contributed by atoms with van der Waals surface area (Å²) in [4.78, 5) is 26.1. The third kappa shape index (κ3) is 19.0. The van der Waals surface area contributed by atoms with Crippen molar-refractivity contribution in [1.82, 2.24) is 0 Å². The molecule has 3 atom stereocenters. The zero-order valence-electron chi connectivity index (χ0n) is 31.4. The highest BCUT2D eigenvalue weighted by molar-refractivity contribution is 5.91. The van der Waals surface area contributed by atoms with E-state index in [1.54, 1.807) is 0 Å². The van der Waals surface area contributed by atoms with E-state index < -0.39 is 11.5 Å². The first-order chi connectivity index (χ1) is 23.2. The molecular weight excluding hydrogens is 584 g/mol. The number of epoxide rings is 1. The van der Waals surface area contributed by atoms with Gasteiger partial charge in [-0.25, -0.2) is 4.79 Å². The number of hydrogen-bond acceptors (Lipinski definition) is 5. The lowest BCUT2D eigenvalue weighted by Crippen LogP contribution is -2.44. The summed E-state index contributed by atoms with van der Waals surface area (Å²) in [5.41, 5.74) is -1.07. The van der Waals surface area contributed by atoms with E-state index in [2.05, 4.69) is 13.8 Å². The molecule has 0 aromatic carbocycles. The molecule has 0 amide bonds. The average molecular weight is 663 g/mol. The molecular formula is C42H78O5. The van der Waals surface area contributed by atoms with Crippen molar-refractivity contribution in [3.05, 3.63) is 0 Å². The molecule has 1 heterocycles. The van der Waals surface area contributed by atoms with Gasteiger partial charge in [0.2, 0.25) is 5.60 Å². The highest BCUT2D eigenvalue weighted by Crippen LogP contribution is 2.52. The number of fused-ring (bicyclic) bond motifs is 1. The molecule has 0 aromatic heterocycles. The second-order valence-electron chi connectivity index (χ2n) is 15.1. The molecule has 276 valence electrons. The van der Waals surface area contributed by atoms with Crippen LogP contribution in [0.25, 0.3) is 0 Å². The standard InChI is InChI=1S/C42H78O5/c1-3-5-7-9-11-13-15-17-19-21-23-25-27-29-31-36-45-40(43)38-34-33-35-39-42(38,47-39)41(44)46-37-32-30-28-26-24-22-20-18-16-14-12-10-8-6-4-2/h38-39H,3-37H2,1-2H3. The smallest absolute Gasteiger partial charge is 0.342 e. The van der Waals surface area contributed by atoms with Gasteiger partial charge in [0.25, 0.3) is 0 Å². The highest BCUT2D eigenvalue weighted by Gasteiger charge is 2.71. The van der Waals surface area contributed by atoms with Crippen molar-refractivity contribution in [2.75, 3.05) is 13.2 Å². The zero-order chi connectivity index (χ0) is 33.7. The van der Waals surface area contributed by atoms with Crippen molar-refractivity contribution in [3.8, 4) is 0 Å². The molecule has 3 unspecified atom stereocenters. The monoisotopic (exact) mass is 663 g/mol. The summed E-state index contributed by atoms with van der Waals surface area (Å²) in [7, 11) is 0. The van der Waals surface area contributed by atoms with Crippen LogP contribution in [0.2, 0.25) is 0 Å².